The molecule has 5 nitrogen and oxygen atoms in total. The molecule has 0 aliphatic carbocycles. The predicted molar refractivity (Wildman–Crippen MR) is 79.9 cm³/mol. The van der Waals surface area contributed by atoms with Crippen LogP contribution in [-0.4, -0.2) is 28.5 Å². The Kier molecular flexibility index (Phi) is 6.82. The standard InChI is InChI=1S/C12H23N5S/c1-4-5-10-15-11(6-12(16-10)17-13)14-7-9(2)8-18-3/h6,9H,4-5,7-8,13H2,1-3H3,(H2,14,15,16,17). The first-order valence-electron chi connectivity index (χ1n) is 6.27. The average Bonchev–Trinajstić information content (AvgIpc) is 2.37. The molecule has 0 aromatic carbocycles. The molecule has 18 heavy (non-hydrogen) atoms. The van der Waals surface area contributed by atoms with Crippen LogP contribution in [0.25, 0.3) is 0 Å². The molecule has 1 aromatic heterocycles. The number of hydrogen-bond donors (Lipinski definition) is 3. The second kappa shape index (κ2) is 8.16. The molecule has 0 saturated heterocycles. The Morgan fingerprint density at radius 2 is 2.11 bits per heavy atom. The van der Waals surface area contributed by atoms with Crippen LogP contribution in [0.4, 0.5) is 11.6 Å². The van der Waals surface area contributed by atoms with Gasteiger partial charge in [0.2, 0.25) is 0 Å². The molecule has 0 fully saturated rings. The van der Waals surface area contributed by atoms with Crippen LogP contribution in [-0.2, 0) is 6.42 Å². The molecule has 102 valence electrons. The maximum Gasteiger partial charge on any atom is 0.145 e. The zero-order valence-electron chi connectivity index (χ0n) is 11.4. The maximum absolute atomic E-state index is 5.42. The first kappa shape index (κ1) is 15.0. The van der Waals surface area contributed by atoms with Crippen molar-refractivity contribution in [3.63, 3.8) is 0 Å². The van der Waals surface area contributed by atoms with E-state index in [1.54, 1.807) is 0 Å². The van der Waals surface area contributed by atoms with E-state index >= 15 is 0 Å². The van der Waals surface area contributed by atoms with Crippen molar-refractivity contribution < 1.29 is 0 Å². The third-order valence-corrected chi connectivity index (χ3v) is 3.38. The van der Waals surface area contributed by atoms with Gasteiger partial charge in [-0.15, -0.1) is 0 Å². The number of aryl methyl sites for hydroxylation is 1. The Balaban J connectivity index is 2.65. The van der Waals surface area contributed by atoms with Crippen LogP contribution in [0, 0.1) is 5.92 Å². The van der Waals surface area contributed by atoms with E-state index in [4.69, 9.17) is 5.84 Å². The predicted octanol–water partition coefficient (Wildman–Crippen LogP) is 2.13. The van der Waals surface area contributed by atoms with Gasteiger partial charge in [0, 0.05) is 19.0 Å². The number of nitrogens with one attached hydrogen (secondary N) is 2. The molecule has 4 N–H and O–H groups in total. The number of hydrogen-bond acceptors (Lipinski definition) is 6. The van der Waals surface area contributed by atoms with Crippen LogP contribution in [0.1, 0.15) is 26.1 Å². The largest absolute Gasteiger partial charge is 0.370 e. The number of aromatic nitrogens is 2. The quantitative estimate of drug-likeness (QED) is 0.496. The van der Waals surface area contributed by atoms with Gasteiger partial charge in [0.15, 0.2) is 0 Å². The minimum absolute atomic E-state index is 0.610. The molecule has 0 saturated carbocycles. The van der Waals surface area contributed by atoms with E-state index in [9.17, 15) is 0 Å². The molecule has 1 atom stereocenters. The number of nitrogens with two attached hydrogens (primary N) is 1. The van der Waals surface area contributed by atoms with E-state index in [2.05, 4.69) is 40.8 Å². The van der Waals surface area contributed by atoms with Gasteiger partial charge < -0.3 is 10.7 Å². The third kappa shape index (κ3) is 5.10. The Morgan fingerprint density at radius 1 is 1.39 bits per heavy atom. The van der Waals surface area contributed by atoms with E-state index in [1.807, 2.05) is 17.8 Å². The first-order valence-corrected chi connectivity index (χ1v) is 7.66. The molecule has 1 aromatic rings. The molecule has 1 unspecified atom stereocenters. The summed E-state index contributed by atoms with van der Waals surface area (Å²) in [5.41, 5.74) is 2.58. The lowest BCUT2D eigenvalue weighted by molar-refractivity contribution is 0.698. The van der Waals surface area contributed by atoms with Gasteiger partial charge in [0.25, 0.3) is 0 Å². The lowest BCUT2D eigenvalue weighted by Gasteiger charge is -2.13. The molecular formula is C12H23N5S. The van der Waals surface area contributed by atoms with Gasteiger partial charge in [0.05, 0.1) is 0 Å². The van der Waals surface area contributed by atoms with Crippen molar-refractivity contribution in [1.29, 1.82) is 0 Å². The van der Waals surface area contributed by atoms with Crippen molar-refractivity contribution in [3.8, 4) is 0 Å². The monoisotopic (exact) mass is 269 g/mol. The highest BCUT2D eigenvalue weighted by Gasteiger charge is 2.05. The Hall–Kier alpha value is -1.01. The summed E-state index contributed by atoms with van der Waals surface area (Å²) in [6.07, 6.45) is 4.01. The lowest BCUT2D eigenvalue weighted by atomic mass is 10.2. The minimum Gasteiger partial charge on any atom is -0.370 e. The summed E-state index contributed by atoms with van der Waals surface area (Å²) in [7, 11) is 0. The average molecular weight is 269 g/mol. The Bertz CT molecular complexity index is 358. The number of hydrazine groups is 1. The summed E-state index contributed by atoms with van der Waals surface area (Å²) in [5, 5.41) is 3.34. The summed E-state index contributed by atoms with van der Waals surface area (Å²) in [6, 6.07) is 1.84. The highest BCUT2D eigenvalue weighted by Crippen LogP contribution is 2.13. The smallest absolute Gasteiger partial charge is 0.145 e. The van der Waals surface area contributed by atoms with E-state index in [0.717, 1.165) is 36.8 Å². The van der Waals surface area contributed by atoms with Gasteiger partial charge in [-0.1, -0.05) is 13.8 Å². The molecule has 0 aliphatic rings. The van der Waals surface area contributed by atoms with Gasteiger partial charge in [-0.05, 0) is 24.3 Å². The van der Waals surface area contributed by atoms with Crippen molar-refractivity contribution >= 4 is 23.4 Å². The van der Waals surface area contributed by atoms with Crippen molar-refractivity contribution in [1.82, 2.24) is 9.97 Å². The summed E-state index contributed by atoms with van der Waals surface area (Å²) >= 11 is 1.86. The fourth-order valence-electron chi connectivity index (χ4n) is 1.62. The maximum atomic E-state index is 5.42. The minimum atomic E-state index is 0.610. The number of thioether (sulfide) groups is 1. The van der Waals surface area contributed by atoms with Crippen molar-refractivity contribution in [3.05, 3.63) is 11.9 Å². The molecule has 0 radical (unpaired) electrons. The number of nitrogens with zero attached hydrogens (tertiary/aromatic N) is 2. The van der Waals surface area contributed by atoms with E-state index in [1.165, 1.54) is 0 Å². The van der Waals surface area contributed by atoms with E-state index < -0.39 is 0 Å². The van der Waals surface area contributed by atoms with Crippen LogP contribution < -0.4 is 16.6 Å². The highest BCUT2D eigenvalue weighted by molar-refractivity contribution is 7.98. The van der Waals surface area contributed by atoms with Crippen LogP contribution in [0.5, 0.6) is 0 Å². The molecule has 0 spiro atoms. The van der Waals surface area contributed by atoms with Crippen LogP contribution in [0.15, 0.2) is 6.07 Å². The zero-order valence-corrected chi connectivity index (χ0v) is 12.2. The fourth-order valence-corrected chi connectivity index (χ4v) is 2.31. The van der Waals surface area contributed by atoms with Crippen molar-refractivity contribution in [2.75, 3.05) is 29.3 Å². The highest BCUT2D eigenvalue weighted by atomic mass is 32.2. The van der Waals surface area contributed by atoms with Crippen molar-refractivity contribution in [2.24, 2.45) is 11.8 Å². The molecule has 6 heteroatoms. The van der Waals surface area contributed by atoms with Gasteiger partial charge in [-0.25, -0.2) is 15.8 Å². The van der Waals surface area contributed by atoms with Gasteiger partial charge in [-0.3, -0.25) is 0 Å². The van der Waals surface area contributed by atoms with Gasteiger partial charge in [-0.2, -0.15) is 11.8 Å². The lowest BCUT2D eigenvalue weighted by Crippen LogP contribution is -2.16. The van der Waals surface area contributed by atoms with Crippen LogP contribution >= 0.6 is 11.8 Å². The molecule has 0 aliphatic heterocycles. The first-order chi connectivity index (χ1) is 8.69. The molecular weight excluding hydrogens is 246 g/mol. The number of rotatable bonds is 8. The Morgan fingerprint density at radius 3 is 2.72 bits per heavy atom. The van der Waals surface area contributed by atoms with Crippen LogP contribution in [0.3, 0.4) is 0 Å². The normalized spacial score (nSPS) is 12.2. The summed E-state index contributed by atoms with van der Waals surface area (Å²) in [5.74, 6) is 9.50. The molecule has 1 rings (SSSR count). The van der Waals surface area contributed by atoms with Crippen molar-refractivity contribution in [2.45, 2.75) is 26.7 Å². The number of nitrogen functional groups attached to an aromatic ring is 1. The SMILES string of the molecule is CCCc1nc(NN)cc(NCC(C)CSC)n1. The van der Waals surface area contributed by atoms with Crippen LogP contribution in [0.2, 0.25) is 0 Å². The number of anilines is 2. The molecule has 0 amide bonds. The summed E-state index contributed by atoms with van der Waals surface area (Å²) < 4.78 is 0. The third-order valence-electron chi connectivity index (χ3n) is 2.48. The zero-order chi connectivity index (χ0) is 13.4. The second-order valence-electron chi connectivity index (χ2n) is 4.39. The summed E-state index contributed by atoms with van der Waals surface area (Å²) in [6.45, 7) is 5.24. The summed E-state index contributed by atoms with van der Waals surface area (Å²) in [4.78, 5) is 8.79. The second-order valence-corrected chi connectivity index (χ2v) is 5.30. The van der Waals surface area contributed by atoms with Gasteiger partial charge >= 0.3 is 0 Å². The molecule has 1 heterocycles. The van der Waals surface area contributed by atoms with E-state index in [0.29, 0.717) is 11.7 Å². The fraction of sp³-hybridized carbons (Fsp3) is 0.667. The van der Waals surface area contributed by atoms with Gasteiger partial charge in [0.1, 0.15) is 17.5 Å². The van der Waals surface area contributed by atoms with E-state index in [-0.39, 0.29) is 0 Å². The Labute approximate surface area is 113 Å². The topological polar surface area (TPSA) is 75.9 Å². The molecule has 0 bridgehead atoms.